The summed E-state index contributed by atoms with van der Waals surface area (Å²) in [6, 6.07) is 0. The van der Waals surface area contributed by atoms with Crippen molar-refractivity contribution in [2.24, 2.45) is 0 Å². The second kappa shape index (κ2) is 4.48. The van der Waals surface area contributed by atoms with Gasteiger partial charge in [0.15, 0.2) is 0 Å². The molecule has 1 rings (SSSR count). The third-order valence-electron chi connectivity index (χ3n) is 1.50. The lowest BCUT2D eigenvalue weighted by Gasteiger charge is -2.00. The van der Waals surface area contributed by atoms with Gasteiger partial charge < -0.3 is 4.98 Å². The fourth-order valence-electron chi connectivity index (χ4n) is 0.942. The van der Waals surface area contributed by atoms with Crippen LogP contribution in [-0.4, -0.2) is 22.0 Å². The number of rotatable bonds is 4. The largest absolute Gasteiger partial charge is 0.355 e. The maximum Gasteiger partial charge on any atom is 0.355 e. The zero-order chi connectivity index (χ0) is 11.4. The Morgan fingerprint density at radius 3 is 2.60 bits per heavy atom. The molecule has 1 aromatic rings. The normalized spacial score (nSPS) is 10.2. The van der Waals surface area contributed by atoms with Crippen LogP contribution in [0.5, 0.6) is 0 Å². The van der Waals surface area contributed by atoms with Crippen LogP contribution in [-0.2, 0) is 16.4 Å². The molecule has 0 amide bonds. The van der Waals surface area contributed by atoms with Crippen LogP contribution < -0.4 is 11.2 Å². The van der Waals surface area contributed by atoms with E-state index < -0.39 is 28.5 Å². The van der Waals surface area contributed by atoms with E-state index in [1.165, 1.54) is 7.11 Å². The van der Waals surface area contributed by atoms with Gasteiger partial charge in [0.1, 0.15) is 12.3 Å². The first kappa shape index (κ1) is 11.1. The van der Waals surface area contributed by atoms with Gasteiger partial charge in [-0.25, -0.2) is 14.6 Å². The number of hydrogen-bond donors (Lipinski definition) is 2. The van der Waals surface area contributed by atoms with Gasteiger partial charge in [-0.05, 0) is 0 Å². The van der Waals surface area contributed by atoms with Gasteiger partial charge in [0.2, 0.25) is 0 Å². The summed E-state index contributed by atoms with van der Waals surface area (Å²) >= 11 is 0. The summed E-state index contributed by atoms with van der Waals surface area (Å²) in [6.45, 7) is -0.397. The number of hydrogen-bond acceptors (Lipinski definition) is 6. The number of H-pyrrole nitrogens is 2. The van der Waals surface area contributed by atoms with E-state index in [0.717, 1.165) is 0 Å². The SMILES string of the molecule is COOCc1[nH]c(=O)[nH]c(=O)c1[N+](=O)[O-]. The summed E-state index contributed by atoms with van der Waals surface area (Å²) in [6.07, 6.45) is 0. The molecule has 0 aromatic carbocycles. The van der Waals surface area contributed by atoms with Gasteiger partial charge in [0, 0.05) is 0 Å². The Morgan fingerprint density at radius 1 is 1.40 bits per heavy atom. The average molecular weight is 217 g/mol. The molecule has 0 unspecified atom stereocenters. The van der Waals surface area contributed by atoms with E-state index in [-0.39, 0.29) is 5.69 Å². The number of aromatic amines is 2. The summed E-state index contributed by atoms with van der Waals surface area (Å²) in [4.78, 5) is 43.8. The fraction of sp³-hybridized carbons (Fsp3) is 0.333. The minimum Gasteiger partial charge on any atom is -0.303 e. The predicted molar refractivity (Wildman–Crippen MR) is 46.1 cm³/mol. The molecule has 9 heteroatoms. The molecule has 2 N–H and O–H groups in total. The van der Waals surface area contributed by atoms with E-state index in [1.807, 2.05) is 0 Å². The van der Waals surface area contributed by atoms with Crippen molar-refractivity contribution in [1.82, 2.24) is 9.97 Å². The van der Waals surface area contributed by atoms with Crippen LogP contribution in [0, 0.1) is 10.1 Å². The molecule has 0 radical (unpaired) electrons. The molecule has 9 nitrogen and oxygen atoms in total. The molecule has 0 saturated heterocycles. The standard InChI is InChI=1S/C6H7N3O6/c1-14-15-2-3-4(9(12)13)5(10)8-6(11)7-3/h2H2,1H3,(H2,7,8,10,11). The van der Waals surface area contributed by atoms with Crippen LogP contribution >= 0.6 is 0 Å². The quantitative estimate of drug-likeness (QED) is 0.380. The first-order chi connectivity index (χ1) is 7.06. The molecular weight excluding hydrogens is 210 g/mol. The van der Waals surface area contributed by atoms with Crippen molar-refractivity contribution in [3.05, 3.63) is 36.6 Å². The Labute approximate surface area is 81.7 Å². The van der Waals surface area contributed by atoms with Crippen molar-refractivity contribution in [1.29, 1.82) is 0 Å². The highest BCUT2D eigenvalue weighted by molar-refractivity contribution is 5.30. The van der Waals surface area contributed by atoms with E-state index in [9.17, 15) is 19.7 Å². The fourth-order valence-corrected chi connectivity index (χ4v) is 0.942. The number of nitrogens with one attached hydrogen (secondary N) is 2. The highest BCUT2D eigenvalue weighted by atomic mass is 17.2. The third-order valence-corrected chi connectivity index (χ3v) is 1.50. The highest BCUT2D eigenvalue weighted by Gasteiger charge is 2.20. The Hall–Kier alpha value is -2.00. The number of nitro groups is 1. The van der Waals surface area contributed by atoms with E-state index in [2.05, 4.69) is 14.8 Å². The van der Waals surface area contributed by atoms with Crippen molar-refractivity contribution < 1.29 is 14.7 Å². The van der Waals surface area contributed by atoms with E-state index >= 15 is 0 Å². The monoisotopic (exact) mass is 217 g/mol. The van der Waals surface area contributed by atoms with Crippen molar-refractivity contribution in [2.45, 2.75) is 6.61 Å². The van der Waals surface area contributed by atoms with Crippen molar-refractivity contribution in [3.8, 4) is 0 Å². The van der Waals surface area contributed by atoms with Gasteiger partial charge in [-0.15, -0.1) is 0 Å². The van der Waals surface area contributed by atoms with Gasteiger partial charge in [-0.3, -0.25) is 19.9 Å². The molecule has 1 heterocycles. The van der Waals surface area contributed by atoms with E-state index in [0.29, 0.717) is 0 Å². The minimum absolute atomic E-state index is 0.254. The molecule has 0 aliphatic carbocycles. The zero-order valence-electron chi connectivity index (χ0n) is 7.60. The van der Waals surface area contributed by atoms with Crippen LogP contribution in [0.25, 0.3) is 0 Å². The Bertz CT molecular complexity index is 474. The van der Waals surface area contributed by atoms with Gasteiger partial charge in [-0.2, -0.15) is 0 Å². The summed E-state index contributed by atoms with van der Waals surface area (Å²) in [5.41, 5.74) is -2.96. The van der Waals surface area contributed by atoms with Crippen molar-refractivity contribution in [2.75, 3.05) is 7.11 Å². The molecule has 1 aromatic heterocycles. The van der Waals surface area contributed by atoms with Gasteiger partial charge >= 0.3 is 16.9 Å². The van der Waals surface area contributed by atoms with Crippen molar-refractivity contribution >= 4 is 5.69 Å². The molecule has 0 bridgehead atoms. The lowest BCUT2D eigenvalue weighted by molar-refractivity contribution is -0.389. The second-order valence-corrected chi connectivity index (χ2v) is 2.42. The summed E-state index contributed by atoms with van der Waals surface area (Å²) in [5, 5.41) is 10.5. The first-order valence-electron chi connectivity index (χ1n) is 3.71. The maximum atomic E-state index is 11.1. The molecule has 0 atom stereocenters. The predicted octanol–water partition coefficient (Wildman–Crippen LogP) is -0.951. The molecule has 0 saturated carbocycles. The van der Waals surface area contributed by atoms with E-state index in [1.54, 1.807) is 4.98 Å². The minimum atomic E-state index is -1.08. The topological polar surface area (TPSA) is 127 Å². The molecule has 82 valence electrons. The first-order valence-corrected chi connectivity index (χ1v) is 3.71. The van der Waals surface area contributed by atoms with Gasteiger partial charge in [-0.1, -0.05) is 0 Å². The highest BCUT2D eigenvalue weighted by Crippen LogP contribution is 2.08. The Kier molecular flexibility index (Phi) is 3.31. The van der Waals surface area contributed by atoms with Gasteiger partial charge in [0.25, 0.3) is 0 Å². The molecule has 0 aliphatic heterocycles. The maximum absolute atomic E-state index is 11.1. The molecule has 0 spiro atoms. The number of aromatic nitrogens is 2. The van der Waals surface area contributed by atoms with Crippen LogP contribution in [0.2, 0.25) is 0 Å². The van der Waals surface area contributed by atoms with Crippen LogP contribution in [0.1, 0.15) is 5.69 Å². The van der Waals surface area contributed by atoms with Crippen molar-refractivity contribution in [3.63, 3.8) is 0 Å². The smallest absolute Gasteiger partial charge is 0.303 e. The van der Waals surface area contributed by atoms with Crippen LogP contribution in [0.4, 0.5) is 5.69 Å². The second-order valence-electron chi connectivity index (χ2n) is 2.42. The van der Waals surface area contributed by atoms with Crippen LogP contribution in [0.15, 0.2) is 9.59 Å². The summed E-state index contributed by atoms with van der Waals surface area (Å²) in [7, 11) is 1.19. The van der Waals surface area contributed by atoms with Gasteiger partial charge in [0.05, 0.1) is 12.0 Å². The lowest BCUT2D eigenvalue weighted by atomic mass is 10.3. The lowest BCUT2D eigenvalue weighted by Crippen LogP contribution is -2.27. The summed E-state index contributed by atoms with van der Waals surface area (Å²) in [5.74, 6) is 0. The zero-order valence-corrected chi connectivity index (χ0v) is 7.60. The number of nitrogens with zero attached hydrogens (tertiary/aromatic N) is 1. The molecular formula is C6H7N3O6. The Balaban J connectivity index is 3.27. The Morgan fingerprint density at radius 2 is 2.07 bits per heavy atom. The molecule has 0 fully saturated rings. The average Bonchev–Trinajstić information content (AvgIpc) is 2.12. The van der Waals surface area contributed by atoms with Crippen LogP contribution in [0.3, 0.4) is 0 Å². The molecule has 15 heavy (non-hydrogen) atoms. The van der Waals surface area contributed by atoms with E-state index in [4.69, 9.17) is 0 Å². The molecule has 0 aliphatic rings. The summed E-state index contributed by atoms with van der Waals surface area (Å²) < 4.78 is 0. The third kappa shape index (κ3) is 2.48.